The Hall–Kier alpha value is -3.22. The van der Waals surface area contributed by atoms with Crippen LogP contribution in [0.25, 0.3) is 5.65 Å². The average Bonchev–Trinajstić information content (AvgIpc) is 2.97. The summed E-state index contributed by atoms with van der Waals surface area (Å²) in [6.07, 6.45) is 2.66. The van der Waals surface area contributed by atoms with Crippen LogP contribution in [0.1, 0.15) is 5.56 Å². The standard InChI is InChI=1S/C17H19N7/c1-11-19-7-6-12-4-3-5-13(8-12)22-15-9-16(18-2)24-17(23-15)14(21-11)10-20-24/h3-5,8-10,18-19,21H,1,6-7H2,2H3,(H,22,23). The molecule has 4 N–H and O–H groups in total. The molecule has 0 spiro atoms. The molecule has 0 atom stereocenters. The molecule has 0 aliphatic carbocycles. The average molecular weight is 321 g/mol. The van der Waals surface area contributed by atoms with Crippen molar-refractivity contribution in [3.63, 3.8) is 0 Å². The van der Waals surface area contributed by atoms with E-state index in [-0.39, 0.29) is 0 Å². The molecule has 3 aromatic rings. The van der Waals surface area contributed by atoms with Crippen molar-refractivity contribution in [2.24, 2.45) is 0 Å². The van der Waals surface area contributed by atoms with Gasteiger partial charge in [0, 0.05) is 25.3 Å². The van der Waals surface area contributed by atoms with Crippen LogP contribution in [0.3, 0.4) is 0 Å². The van der Waals surface area contributed by atoms with Gasteiger partial charge in [0.1, 0.15) is 17.3 Å². The largest absolute Gasteiger partial charge is 0.373 e. The Balaban J connectivity index is 1.87. The molecular formula is C17H19N7. The minimum Gasteiger partial charge on any atom is -0.373 e. The van der Waals surface area contributed by atoms with E-state index < -0.39 is 0 Å². The van der Waals surface area contributed by atoms with Gasteiger partial charge in [-0.25, -0.2) is 4.98 Å². The summed E-state index contributed by atoms with van der Waals surface area (Å²) < 4.78 is 1.76. The van der Waals surface area contributed by atoms with Gasteiger partial charge < -0.3 is 21.3 Å². The smallest absolute Gasteiger partial charge is 0.183 e. The molecule has 1 aliphatic rings. The molecule has 0 saturated carbocycles. The maximum Gasteiger partial charge on any atom is 0.183 e. The van der Waals surface area contributed by atoms with E-state index in [1.54, 1.807) is 10.7 Å². The zero-order valence-corrected chi connectivity index (χ0v) is 13.4. The van der Waals surface area contributed by atoms with Crippen LogP contribution in [0.4, 0.5) is 23.0 Å². The molecule has 24 heavy (non-hydrogen) atoms. The fourth-order valence-corrected chi connectivity index (χ4v) is 2.81. The lowest BCUT2D eigenvalue weighted by Crippen LogP contribution is -2.21. The van der Waals surface area contributed by atoms with Gasteiger partial charge in [0.25, 0.3) is 0 Å². The van der Waals surface area contributed by atoms with Crippen molar-refractivity contribution in [2.75, 3.05) is 29.5 Å². The molecular weight excluding hydrogens is 302 g/mol. The van der Waals surface area contributed by atoms with Crippen molar-refractivity contribution < 1.29 is 0 Å². The first-order valence-electron chi connectivity index (χ1n) is 7.85. The fourth-order valence-electron chi connectivity index (χ4n) is 2.81. The molecule has 7 heteroatoms. The second-order valence-electron chi connectivity index (χ2n) is 5.68. The van der Waals surface area contributed by atoms with Crippen LogP contribution in [0, 0.1) is 0 Å². The summed E-state index contributed by atoms with van der Waals surface area (Å²) in [5.41, 5.74) is 3.79. The van der Waals surface area contributed by atoms with Gasteiger partial charge in [-0.15, -0.1) is 0 Å². The predicted octanol–water partition coefficient (Wildman–Crippen LogP) is 2.54. The van der Waals surface area contributed by atoms with E-state index in [0.29, 0.717) is 0 Å². The van der Waals surface area contributed by atoms with Gasteiger partial charge in [-0.3, -0.25) is 0 Å². The van der Waals surface area contributed by atoms with Gasteiger partial charge in [-0.1, -0.05) is 18.7 Å². The van der Waals surface area contributed by atoms with Crippen LogP contribution >= 0.6 is 0 Å². The van der Waals surface area contributed by atoms with E-state index in [0.717, 1.165) is 47.4 Å². The van der Waals surface area contributed by atoms with E-state index in [2.05, 4.69) is 45.1 Å². The number of fused-ring (bicyclic) bond motifs is 3. The van der Waals surface area contributed by atoms with Crippen molar-refractivity contribution in [3.8, 4) is 0 Å². The van der Waals surface area contributed by atoms with Gasteiger partial charge in [0.05, 0.1) is 12.0 Å². The number of nitrogens with one attached hydrogen (secondary N) is 4. The fraction of sp³-hybridized carbons (Fsp3) is 0.176. The molecule has 0 unspecified atom stereocenters. The van der Waals surface area contributed by atoms with Crippen LogP contribution in [-0.2, 0) is 6.42 Å². The Labute approximate surface area is 139 Å². The summed E-state index contributed by atoms with van der Waals surface area (Å²) >= 11 is 0. The summed E-state index contributed by atoms with van der Waals surface area (Å²) in [5.74, 6) is 2.33. The summed E-state index contributed by atoms with van der Waals surface area (Å²) in [5, 5.41) is 17.5. The lowest BCUT2D eigenvalue weighted by molar-refractivity contribution is 0.795. The first kappa shape index (κ1) is 14.4. The molecule has 4 bridgehead atoms. The Morgan fingerprint density at radius 1 is 1.25 bits per heavy atom. The van der Waals surface area contributed by atoms with Crippen LogP contribution in [-0.4, -0.2) is 28.2 Å². The van der Waals surface area contributed by atoms with Crippen LogP contribution in [0.2, 0.25) is 0 Å². The van der Waals surface area contributed by atoms with Gasteiger partial charge in [0.2, 0.25) is 0 Å². The van der Waals surface area contributed by atoms with Crippen LogP contribution < -0.4 is 21.3 Å². The van der Waals surface area contributed by atoms with Gasteiger partial charge in [-0.05, 0) is 24.1 Å². The van der Waals surface area contributed by atoms with Gasteiger partial charge in [-0.2, -0.15) is 9.61 Å². The molecule has 0 fully saturated rings. The zero-order valence-electron chi connectivity index (χ0n) is 13.4. The number of hydrogen-bond acceptors (Lipinski definition) is 6. The molecule has 0 amide bonds. The number of hydrogen-bond donors (Lipinski definition) is 4. The second kappa shape index (κ2) is 5.77. The Morgan fingerprint density at radius 2 is 2.17 bits per heavy atom. The minimum atomic E-state index is 0.725. The molecule has 4 rings (SSSR count). The van der Waals surface area contributed by atoms with E-state index in [1.807, 2.05) is 25.2 Å². The number of nitrogens with zero attached hydrogens (tertiary/aromatic N) is 3. The van der Waals surface area contributed by atoms with Gasteiger partial charge in [0.15, 0.2) is 5.65 Å². The number of aromatic nitrogens is 3. The van der Waals surface area contributed by atoms with Gasteiger partial charge >= 0.3 is 0 Å². The topological polar surface area (TPSA) is 78.3 Å². The van der Waals surface area contributed by atoms with Crippen molar-refractivity contribution in [2.45, 2.75) is 6.42 Å². The normalized spacial score (nSPS) is 14.0. The molecule has 122 valence electrons. The number of anilines is 4. The minimum absolute atomic E-state index is 0.725. The monoisotopic (exact) mass is 321 g/mol. The summed E-state index contributed by atoms with van der Waals surface area (Å²) in [6, 6.07) is 10.3. The summed E-state index contributed by atoms with van der Waals surface area (Å²) in [6.45, 7) is 4.83. The highest BCUT2D eigenvalue weighted by Gasteiger charge is 2.12. The highest BCUT2D eigenvalue weighted by atomic mass is 15.3. The van der Waals surface area contributed by atoms with Crippen molar-refractivity contribution >= 4 is 28.7 Å². The van der Waals surface area contributed by atoms with E-state index >= 15 is 0 Å². The first-order valence-corrected chi connectivity index (χ1v) is 7.85. The first-order chi connectivity index (χ1) is 11.7. The Morgan fingerprint density at radius 3 is 3.04 bits per heavy atom. The van der Waals surface area contributed by atoms with Crippen molar-refractivity contribution in [1.29, 1.82) is 0 Å². The van der Waals surface area contributed by atoms with Crippen molar-refractivity contribution in [3.05, 3.63) is 54.5 Å². The maximum absolute atomic E-state index is 4.69. The molecule has 3 heterocycles. The van der Waals surface area contributed by atoms with Crippen molar-refractivity contribution in [1.82, 2.24) is 19.9 Å². The SMILES string of the molecule is C=C1NCCc2cccc(c2)Nc2cc(NC)n3ncc(c3n2)N1. The van der Waals surface area contributed by atoms with Crippen LogP contribution in [0.5, 0.6) is 0 Å². The van der Waals surface area contributed by atoms with E-state index in [1.165, 1.54) is 5.56 Å². The molecule has 1 aliphatic heterocycles. The number of benzene rings is 1. The summed E-state index contributed by atoms with van der Waals surface area (Å²) in [7, 11) is 1.86. The lowest BCUT2D eigenvalue weighted by atomic mass is 10.1. The Kier molecular flexibility index (Phi) is 3.45. The molecule has 7 nitrogen and oxygen atoms in total. The molecule has 0 saturated heterocycles. The van der Waals surface area contributed by atoms with Crippen LogP contribution in [0.15, 0.2) is 48.9 Å². The quantitative estimate of drug-likeness (QED) is 0.552. The third kappa shape index (κ3) is 2.60. The Bertz CT molecular complexity index is 912. The number of rotatable bonds is 1. The van der Waals surface area contributed by atoms with E-state index in [9.17, 15) is 0 Å². The predicted molar refractivity (Wildman–Crippen MR) is 96.7 cm³/mol. The lowest BCUT2D eigenvalue weighted by Gasteiger charge is -2.11. The zero-order chi connectivity index (χ0) is 16.5. The third-order valence-corrected chi connectivity index (χ3v) is 3.96. The highest BCUT2D eigenvalue weighted by molar-refractivity contribution is 5.74. The second-order valence-corrected chi connectivity index (χ2v) is 5.68. The highest BCUT2D eigenvalue weighted by Crippen LogP contribution is 2.25. The molecule has 2 aromatic heterocycles. The third-order valence-electron chi connectivity index (χ3n) is 3.96. The maximum atomic E-state index is 4.69. The summed E-state index contributed by atoms with van der Waals surface area (Å²) in [4.78, 5) is 4.69. The van der Waals surface area contributed by atoms with E-state index in [4.69, 9.17) is 4.98 Å². The molecule has 0 radical (unpaired) electrons. The molecule has 1 aromatic carbocycles.